The van der Waals surface area contributed by atoms with Crippen molar-refractivity contribution in [2.24, 2.45) is 5.92 Å². The lowest BCUT2D eigenvalue weighted by molar-refractivity contribution is -0.150. The Labute approximate surface area is 140 Å². The number of amides is 1. The molecule has 0 aromatic carbocycles. The van der Waals surface area contributed by atoms with E-state index in [-0.39, 0.29) is 18.0 Å². The Kier molecular flexibility index (Phi) is 10.5. The highest BCUT2D eigenvalue weighted by Crippen LogP contribution is 2.19. The van der Waals surface area contributed by atoms with Crippen LogP contribution in [0.1, 0.15) is 71.1 Å². The Hall–Kier alpha value is -1.26. The van der Waals surface area contributed by atoms with Crippen LogP contribution in [0.2, 0.25) is 0 Å². The zero-order valence-electron chi connectivity index (χ0n) is 14.8. The molecule has 0 bridgehead atoms. The molecule has 0 aliphatic carbocycles. The molecule has 0 unspecified atom stereocenters. The normalized spacial score (nSPS) is 15.5. The Morgan fingerprint density at radius 1 is 0.957 bits per heavy atom. The number of rotatable bonds is 10. The number of unbranched alkanes of at least 4 members (excludes halogenated alkanes) is 7. The molecule has 23 heavy (non-hydrogen) atoms. The summed E-state index contributed by atoms with van der Waals surface area (Å²) in [6, 6.07) is 0. The second-order valence-electron chi connectivity index (χ2n) is 6.37. The second kappa shape index (κ2) is 12.2. The van der Waals surface area contributed by atoms with Gasteiger partial charge in [-0.3, -0.25) is 4.79 Å². The van der Waals surface area contributed by atoms with Crippen LogP contribution in [0.4, 0.5) is 4.79 Å². The van der Waals surface area contributed by atoms with Crippen molar-refractivity contribution in [3.63, 3.8) is 0 Å². The van der Waals surface area contributed by atoms with E-state index in [9.17, 15) is 9.59 Å². The SMILES string of the molecule is CCCCCCCCCCOC(=O)C1CCN(C(=O)OC)CC1. The van der Waals surface area contributed by atoms with E-state index in [1.807, 2.05) is 0 Å². The summed E-state index contributed by atoms with van der Waals surface area (Å²) < 4.78 is 10.1. The number of nitrogens with zero attached hydrogens (tertiary/aromatic N) is 1. The van der Waals surface area contributed by atoms with Gasteiger partial charge in [-0.05, 0) is 19.3 Å². The third kappa shape index (κ3) is 8.24. The molecule has 0 aromatic rings. The van der Waals surface area contributed by atoms with E-state index in [2.05, 4.69) is 11.7 Å². The van der Waals surface area contributed by atoms with Gasteiger partial charge in [-0.1, -0.05) is 51.9 Å². The number of hydrogen-bond donors (Lipinski definition) is 0. The van der Waals surface area contributed by atoms with Gasteiger partial charge in [0.2, 0.25) is 0 Å². The van der Waals surface area contributed by atoms with Crippen molar-refractivity contribution < 1.29 is 19.1 Å². The Bertz CT molecular complexity index is 338. The third-order valence-corrected chi connectivity index (χ3v) is 4.50. The highest BCUT2D eigenvalue weighted by molar-refractivity contribution is 5.73. The lowest BCUT2D eigenvalue weighted by Gasteiger charge is -2.29. The van der Waals surface area contributed by atoms with Crippen molar-refractivity contribution >= 4 is 12.1 Å². The van der Waals surface area contributed by atoms with Crippen molar-refractivity contribution in [2.75, 3.05) is 26.8 Å². The molecular weight excluding hydrogens is 294 g/mol. The maximum atomic E-state index is 12.0. The quantitative estimate of drug-likeness (QED) is 0.447. The zero-order valence-corrected chi connectivity index (χ0v) is 14.8. The van der Waals surface area contributed by atoms with Gasteiger partial charge >= 0.3 is 12.1 Å². The monoisotopic (exact) mass is 327 g/mol. The first-order chi connectivity index (χ1) is 11.2. The molecule has 1 aliphatic rings. The molecule has 5 heteroatoms. The molecule has 0 N–H and O–H groups in total. The molecule has 134 valence electrons. The Morgan fingerprint density at radius 3 is 2.09 bits per heavy atom. The fourth-order valence-electron chi connectivity index (χ4n) is 2.95. The summed E-state index contributed by atoms with van der Waals surface area (Å²) in [6.07, 6.45) is 11.0. The second-order valence-corrected chi connectivity index (χ2v) is 6.37. The fourth-order valence-corrected chi connectivity index (χ4v) is 2.95. The van der Waals surface area contributed by atoms with Crippen LogP contribution in [0.3, 0.4) is 0 Å². The van der Waals surface area contributed by atoms with E-state index in [1.165, 1.54) is 45.6 Å². The summed E-state index contributed by atoms with van der Waals surface area (Å²) in [7, 11) is 1.38. The number of carbonyl (C=O) groups is 2. The molecule has 1 fully saturated rings. The minimum atomic E-state index is -0.309. The first-order valence-corrected chi connectivity index (χ1v) is 9.18. The average Bonchev–Trinajstić information content (AvgIpc) is 2.59. The number of esters is 1. The van der Waals surface area contributed by atoms with E-state index in [0.717, 1.165) is 12.8 Å². The van der Waals surface area contributed by atoms with Crippen LogP contribution in [0.15, 0.2) is 0 Å². The molecule has 1 aliphatic heterocycles. The minimum Gasteiger partial charge on any atom is -0.465 e. The van der Waals surface area contributed by atoms with Crippen molar-refractivity contribution in [3.05, 3.63) is 0 Å². The number of ether oxygens (including phenoxy) is 2. The summed E-state index contributed by atoms with van der Waals surface area (Å²) in [4.78, 5) is 25.0. The predicted molar refractivity (Wildman–Crippen MR) is 90.3 cm³/mol. The molecule has 5 nitrogen and oxygen atoms in total. The van der Waals surface area contributed by atoms with E-state index >= 15 is 0 Å². The van der Waals surface area contributed by atoms with Crippen LogP contribution in [-0.2, 0) is 14.3 Å². The lowest BCUT2D eigenvalue weighted by Crippen LogP contribution is -2.40. The average molecular weight is 327 g/mol. The van der Waals surface area contributed by atoms with E-state index in [0.29, 0.717) is 32.5 Å². The van der Waals surface area contributed by atoms with Crippen LogP contribution in [0, 0.1) is 5.92 Å². The number of methoxy groups -OCH3 is 1. The molecular formula is C18H33NO4. The molecule has 1 rings (SSSR count). The maximum absolute atomic E-state index is 12.0. The standard InChI is InChI=1S/C18H33NO4/c1-3-4-5-6-7-8-9-10-15-23-17(20)16-11-13-19(14-12-16)18(21)22-2/h16H,3-15H2,1-2H3. The van der Waals surface area contributed by atoms with Crippen molar-refractivity contribution in [2.45, 2.75) is 71.1 Å². The third-order valence-electron chi connectivity index (χ3n) is 4.50. The Balaban J connectivity index is 1.99. The molecule has 1 heterocycles. The highest BCUT2D eigenvalue weighted by Gasteiger charge is 2.28. The summed E-state index contributed by atoms with van der Waals surface area (Å²) >= 11 is 0. The topological polar surface area (TPSA) is 55.8 Å². The predicted octanol–water partition coefficient (Wildman–Crippen LogP) is 4.15. The van der Waals surface area contributed by atoms with Crippen LogP contribution in [-0.4, -0.2) is 43.8 Å². The van der Waals surface area contributed by atoms with Crippen LogP contribution in [0.5, 0.6) is 0 Å². The molecule has 0 saturated carbocycles. The van der Waals surface area contributed by atoms with Gasteiger partial charge in [-0.15, -0.1) is 0 Å². The molecule has 1 saturated heterocycles. The van der Waals surface area contributed by atoms with Gasteiger partial charge in [0, 0.05) is 13.1 Å². The van der Waals surface area contributed by atoms with E-state index in [1.54, 1.807) is 4.90 Å². The first-order valence-electron chi connectivity index (χ1n) is 9.18. The van der Waals surface area contributed by atoms with Crippen molar-refractivity contribution in [3.8, 4) is 0 Å². The van der Waals surface area contributed by atoms with E-state index in [4.69, 9.17) is 4.74 Å². The van der Waals surface area contributed by atoms with E-state index < -0.39 is 0 Å². The minimum absolute atomic E-state index is 0.0649. The summed E-state index contributed by atoms with van der Waals surface area (Å²) in [6.45, 7) is 3.91. The number of piperidine rings is 1. The van der Waals surface area contributed by atoms with Crippen LogP contribution < -0.4 is 0 Å². The zero-order chi connectivity index (χ0) is 16.9. The van der Waals surface area contributed by atoms with Gasteiger partial charge in [-0.2, -0.15) is 0 Å². The summed E-state index contributed by atoms with van der Waals surface area (Å²) in [5.74, 6) is -0.164. The molecule has 0 radical (unpaired) electrons. The number of hydrogen-bond acceptors (Lipinski definition) is 4. The van der Waals surface area contributed by atoms with Crippen molar-refractivity contribution in [1.82, 2.24) is 4.90 Å². The van der Waals surface area contributed by atoms with Crippen LogP contribution >= 0.6 is 0 Å². The maximum Gasteiger partial charge on any atom is 0.409 e. The largest absolute Gasteiger partial charge is 0.465 e. The summed E-state index contributed by atoms with van der Waals surface area (Å²) in [5, 5.41) is 0. The Morgan fingerprint density at radius 2 is 1.52 bits per heavy atom. The molecule has 0 spiro atoms. The number of carbonyl (C=O) groups excluding carboxylic acids is 2. The van der Waals surface area contributed by atoms with Gasteiger partial charge < -0.3 is 14.4 Å². The van der Waals surface area contributed by atoms with Gasteiger partial charge in [-0.25, -0.2) is 4.79 Å². The number of likely N-dealkylation sites (tertiary alicyclic amines) is 1. The fraction of sp³-hybridized carbons (Fsp3) is 0.889. The van der Waals surface area contributed by atoms with Gasteiger partial charge in [0.05, 0.1) is 19.6 Å². The first kappa shape index (κ1) is 19.8. The van der Waals surface area contributed by atoms with Gasteiger partial charge in [0.15, 0.2) is 0 Å². The van der Waals surface area contributed by atoms with Gasteiger partial charge in [0.1, 0.15) is 0 Å². The summed E-state index contributed by atoms with van der Waals surface area (Å²) in [5.41, 5.74) is 0. The van der Waals surface area contributed by atoms with Crippen molar-refractivity contribution in [1.29, 1.82) is 0 Å². The lowest BCUT2D eigenvalue weighted by atomic mass is 9.97. The van der Waals surface area contributed by atoms with Crippen LogP contribution in [0.25, 0.3) is 0 Å². The molecule has 1 amide bonds. The molecule has 0 aromatic heterocycles. The molecule has 0 atom stereocenters. The highest BCUT2D eigenvalue weighted by atomic mass is 16.5. The smallest absolute Gasteiger partial charge is 0.409 e. The van der Waals surface area contributed by atoms with Gasteiger partial charge in [0.25, 0.3) is 0 Å².